The lowest BCUT2D eigenvalue weighted by Gasteiger charge is -2.37. The Morgan fingerprint density at radius 2 is 1.88 bits per heavy atom. The molecule has 11 heteroatoms. The second-order valence-corrected chi connectivity index (χ2v) is 9.57. The first kappa shape index (κ1) is 21.2. The Bertz CT molecular complexity index is 1040. The highest BCUT2D eigenvalue weighted by molar-refractivity contribution is 7.16. The number of nitrogens with one attached hydrogen (secondary N) is 2. The van der Waals surface area contributed by atoms with Gasteiger partial charge in [-0.15, -0.1) is 11.3 Å². The number of H-pyrrole nitrogens is 1. The van der Waals surface area contributed by atoms with Crippen LogP contribution in [0.4, 0.5) is 21.3 Å². The van der Waals surface area contributed by atoms with Crippen molar-refractivity contribution in [3.05, 3.63) is 29.3 Å². The topological polar surface area (TPSA) is 89.1 Å². The molecule has 3 aromatic rings. The summed E-state index contributed by atoms with van der Waals surface area (Å²) in [6.07, 6.45) is 5.04. The van der Waals surface area contributed by atoms with Gasteiger partial charge in [-0.25, -0.2) is 19.3 Å². The number of aromatic amines is 1. The van der Waals surface area contributed by atoms with E-state index in [1.807, 2.05) is 6.20 Å². The van der Waals surface area contributed by atoms with Crippen molar-refractivity contribution in [1.82, 2.24) is 34.9 Å². The Morgan fingerprint density at radius 1 is 1.09 bits per heavy atom. The molecule has 0 aromatic carbocycles. The maximum Gasteiger partial charge on any atom is 0.229 e. The Morgan fingerprint density at radius 3 is 2.62 bits per heavy atom. The van der Waals surface area contributed by atoms with Crippen LogP contribution in [0.25, 0.3) is 11.3 Å². The average molecular weight is 458 g/mol. The third-order valence-corrected chi connectivity index (χ3v) is 7.19. The largest absolute Gasteiger partial charge is 0.355 e. The van der Waals surface area contributed by atoms with Gasteiger partial charge in [0.15, 0.2) is 10.9 Å². The number of thiazole rings is 1. The molecule has 3 aromatic heterocycles. The van der Waals surface area contributed by atoms with Crippen molar-refractivity contribution in [2.45, 2.75) is 26.3 Å². The number of piperazine rings is 1. The van der Waals surface area contributed by atoms with Crippen molar-refractivity contribution in [1.29, 1.82) is 0 Å². The fourth-order valence-corrected chi connectivity index (χ4v) is 5.25. The van der Waals surface area contributed by atoms with E-state index in [0.29, 0.717) is 17.1 Å². The molecule has 0 spiro atoms. The summed E-state index contributed by atoms with van der Waals surface area (Å²) in [5, 5.41) is 11.3. The number of nitrogens with zero attached hydrogens (tertiary/aromatic N) is 7. The Balaban J connectivity index is 1.26. The summed E-state index contributed by atoms with van der Waals surface area (Å²) in [6, 6.07) is 0.621. The molecule has 1 fully saturated rings. The first-order chi connectivity index (χ1) is 15.6. The quantitative estimate of drug-likeness (QED) is 0.584. The van der Waals surface area contributed by atoms with Crippen LogP contribution in [-0.2, 0) is 6.42 Å². The smallest absolute Gasteiger partial charge is 0.229 e. The zero-order valence-electron chi connectivity index (χ0n) is 18.4. The van der Waals surface area contributed by atoms with Crippen molar-refractivity contribution >= 4 is 28.2 Å². The fourth-order valence-electron chi connectivity index (χ4n) is 4.29. The van der Waals surface area contributed by atoms with Crippen molar-refractivity contribution in [3.8, 4) is 11.3 Å². The molecular weight excluding hydrogens is 429 g/mol. The monoisotopic (exact) mass is 457 g/mol. The summed E-state index contributed by atoms with van der Waals surface area (Å²) in [4.78, 5) is 21.4. The predicted octanol–water partition coefficient (Wildman–Crippen LogP) is 2.59. The van der Waals surface area contributed by atoms with Gasteiger partial charge in [-0.3, -0.25) is 14.9 Å². The molecule has 0 bridgehead atoms. The molecule has 9 nitrogen and oxygen atoms in total. The van der Waals surface area contributed by atoms with E-state index in [9.17, 15) is 4.39 Å². The van der Waals surface area contributed by atoms with E-state index in [4.69, 9.17) is 4.98 Å². The maximum atomic E-state index is 13.1. The van der Waals surface area contributed by atoms with Gasteiger partial charge in [0.1, 0.15) is 5.82 Å². The van der Waals surface area contributed by atoms with Gasteiger partial charge in [0.25, 0.3) is 0 Å². The van der Waals surface area contributed by atoms with Gasteiger partial charge in [0, 0.05) is 63.2 Å². The SMILES string of the molecule is CC(C)N1CCN(CCN2CCc3sc(Nc4ncc(F)cn4)nc3-c3cn[nH]c32)CC1. The second kappa shape index (κ2) is 9.08. The zero-order valence-corrected chi connectivity index (χ0v) is 19.2. The number of fused-ring (bicyclic) bond motifs is 3. The van der Waals surface area contributed by atoms with E-state index in [-0.39, 0.29) is 0 Å². The number of rotatable bonds is 6. The van der Waals surface area contributed by atoms with Crippen LogP contribution >= 0.6 is 11.3 Å². The minimum Gasteiger partial charge on any atom is -0.355 e. The number of aromatic nitrogens is 5. The summed E-state index contributed by atoms with van der Waals surface area (Å²) >= 11 is 1.59. The van der Waals surface area contributed by atoms with Gasteiger partial charge in [-0.1, -0.05) is 0 Å². The molecule has 0 amide bonds. The lowest BCUT2D eigenvalue weighted by molar-refractivity contribution is 0.110. The molecular formula is C21H28FN9S. The van der Waals surface area contributed by atoms with Gasteiger partial charge in [0.2, 0.25) is 5.95 Å². The minimum absolute atomic E-state index is 0.335. The highest BCUT2D eigenvalue weighted by Crippen LogP contribution is 2.39. The molecule has 1 saturated heterocycles. The molecule has 32 heavy (non-hydrogen) atoms. The van der Waals surface area contributed by atoms with Crippen molar-refractivity contribution in [3.63, 3.8) is 0 Å². The molecule has 0 atom stereocenters. The molecule has 170 valence electrons. The van der Waals surface area contributed by atoms with Crippen LogP contribution in [0.2, 0.25) is 0 Å². The lowest BCUT2D eigenvalue weighted by Crippen LogP contribution is -2.50. The number of anilines is 3. The predicted molar refractivity (Wildman–Crippen MR) is 124 cm³/mol. The molecule has 0 aliphatic carbocycles. The molecule has 5 heterocycles. The van der Waals surface area contributed by atoms with Crippen LogP contribution < -0.4 is 10.2 Å². The van der Waals surface area contributed by atoms with Gasteiger partial charge in [-0.05, 0) is 13.8 Å². The first-order valence-electron chi connectivity index (χ1n) is 11.1. The Hall–Kier alpha value is -2.63. The lowest BCUT2D eigenvalue weighted by atomic mass is 10.2. The third-order valence-electron chi connectivity index (χ3n) is 6.16. The maximum absolute atomic E-state index is 13.1. The molecule has 0 unspecified atom stereocenters. The van der Waals surface area contributed by atoms with E-state index in [0.717, 1.165) is 81.7 Å². The normalized spacial score (nSPS) is 17.3. The number of halogens is 1. The Kier molecular flexibility index (Phi) is 6.03. The molecule has 0 radical (unpaired) electrons. The van der Waals surface area contributed by atoms with E-state index >= 15 is 0 Å². The summed E-state index contributed by atoms with van der Waals surface area (Å²) in [7, 11) is 0. The summed E-state index contributed by atoms with van der Waals surface area (Å²) in [6.45, 7) is 12.0. The highest BCUT2D eigenvalue weighted by atomic mass is 32.1. The van der Waals surface area contributed by atoms with E-state index in [1.54, 1.807) is 11.3 Å². The molecule has 2 aliphatic heterocycles. The standard InChI is InChI=1S/C21H28FN9S/c1-14(2)30-8-5-29(6-9-30)7-10-31-4-3-17-18(16-13-25-28-19(16)31)26-21(32-17)27-20-23-11-15(22)12-24-20/h11-14H,3-10H2,1-2H3,(H,25,28)(H,23,24,26,27). The number of hydrogen-bond donors (Lipinski definition) is 2. The van der Waals surface area contributed by atoms with Gasteiger partial charge in [0.05, 0.1) is 29.8 Å². The van der Waals surface area contributed by atoms with E-state index < -0.39 is 5.82 Å². The van der Waals surface area contributed by atoms with Gasteiger partial charge < -0.3 is 10.2 Å². The third kappa shape index (κ3) is 4.45. The van der Waals surface area contributed by atoms with Crippen LogP contribution in [0, 0.1) is 5.82 Å². The van der Waals surface area contributed by atoms with Crippen LogP contribution in [0.15, 0.2) is 18.6 Å². The number of hydrogen-bond acceptors (Lipinski definition) is 9. The summed E-state index contributed by atoms with van der Waals surface area (Å²) in [5.74, 6) is 0.900. The molecule has 5 rings (SSSR count). The van der Waals surface area contributed by atoms with Gasteiger partial charge in [-0.2, -0.15) is 5.10 Å². The van der Waals surface area contributed by atoms with Gasteiger partial charge >= 0.3 is 0 Å². The minimum atomic E-state index is -0.463. The van der Waals surface area contributed by atoms with Crippen molar-refractivity contribution in [2.24, 2.45) is 0 Å². The summed E-state index contributed by atoms with van der Waals surface area (Å²) < 4.78 is 13.1. The molecule has 0 saturated carbocycles. The molecule has 2 N–H and O–H groups in total. The van der Waals surface area contributed by atoms with E-state index in [1.165, 1.54) is 4.88 Å². The Labute approximate surface area is 190 Å². The van der Waals surface area contributed by atoms with E-state index in [2.05, 4.69) is 54.0 Å². The second-order valence-electron chi connectivity index (χ2n) is 8.48. The van der Waals surface area contributed by atoms with Crippen LogP contribution in [0.3, 0.4) is 0 Å². The molecule has 2 aliphatic rings. The van der Waals surface area contributed by atoms with Crippen LogP contribution in [0.1, 0.15) is 18.7 Å². The highest BCUT2D eigenvalue weighted by Gasteiger charge is 2.26. The zero-order chi connectivity index (χ0) is 22.1. The van der Waals surface area contributed by atoms with Crippen molar-refractivity contribution in [2.75, 3.05) is 56.0 Å². The average Bonchev–Trinajstić information content (AvgIpc) is 3.40. The van der Waals surface area contributed by atoms with Crippen LogP contribution in [0.5, 0.6) is 0 Å². The first-order valence-corrected chi connectivity index (χ1v) is 11.9. The van der Waals surface area contributed by atoms with Crippen molar-refractivity contribution < 1.29 is 4.39 Å². The van der Waals surface area contributed by atoms with Crippen LogP contribution in [-0.4, -0.2) is 86.8 Å². The summed E-state index contributed by atoms with van der Waals surface area (Å²) in [5.41, 5.74) is 1.96. The fraction of sp³-hybridized carbons (Fsp3) is 0.524.